The van der Waals surface area contributed by atoms with Gasteiger partial charge in [0.1, 0.15) is 17.3 Å². The zero-order valence-corrected chi connectivity index (χ0v) is 10.7. The molecule has 0 aliphatic carbocycles. The summed E-state index contributed by atoms with van der Waals surface area (Å²) in [6, 6.07) is 7.19. The molecule has 0 aromatic heterocycles. The van der Waals surface area contributed by atoms with Crippen LogP contribution in [0.15, 0.2) is 30.3 Å². The first-order chi connectivity index (χ1) is 8.99. The Morgan fingerprint density at radius 2 is 1.63 bits per heavy atom. The molecule has 100 valence electrons. The Morgan fingerprint density at radius 3 is 2.37 bits per heavy atom. The molecule has 0 heterocycles. The van der Waals surface area contributed by atoms with Crippen LogP contribution < -0.4 is 5.32 Å². The number of nitrogens with one attached hydrogen (secondary N) is 1. The highest BCUT2D eigenvalue weighted by atomic mass is 19.1. The van der Waals surface area contributed by atoms with E-state index in [9.17, 15) is 13.2 Å². The van der Waals surface area contributed by atoms with Crippen molar-refractivity contribution in [2.24, 2.45) is 0 Å². The molecular weight excluding hydrogens is 251 g/mol. The fourth-order valence-electron chi connectivity index (χ4n) is 1.84. The highest BCUT2D eigenvalue weighted by molar-refractivity contribution is 5.49. The van der Waals surface area contributed by atoms with Gasteiger partial charge in [0, 0.05) is 12.1 Å². The van der Waals surface area contributed by atoms with Crippen molar-refractivity contribution in [2.75, 3.05) is 5.32 Å². The van der Waals surface area contributed by atoms with Crippen LogP contribution in [0.4, 0.5) is 18.9 Å². The fraction of sp³-hybridized carbons (Fsp3) is 0.200. The highest BCUT2D eigenvalue weighted by Gasteiger charge is 2.11. The molecular formula is C15H14F3N. The highest BCUT2D eigenvalue weighted by Crippen LogP contribution is 2.22. The maximum Gasteiger partial charge on any atom is 0.152 e. The van der Waals surface area contributed by atoms with E-state index in [1.54, 1.807) is 19.1 Å². The second-order valence-corrected chi connectivity index (χ2v) is 4.50. The lowest BCUT2D eigenvalue weighted by Gasteiger charge is -2.11. The van der Waals surface area contributed by atoms with E-state index >= 15 is 0 Å². The van der Waals surface area contributed by atoms with Gasteiger partial charge in [0.25, 0.3) is 0 Å². The number of aryl methyl sites for hydroxylation is 2. The maximum absolute atomic E-state index is 13.7. The average Bonchev–Trinajstić information content (AvgIpc) is 2.38. The Bertz CT molecular complexity index is 609. The number of anilines is 1. The van der Waals surface area contributed by atoms with Crippen LogP contribution in [0.2, 0.25) is 0 Å². The van der Waals surface area contributed by atoms with E-state index in [0.29, 0.717) is 11.1 Å². The molecule has 0 aliphatic rings. The lowest BCUT2D eigenvalue weighted by Crippen LogP contribution is -2.06. The summed E-state index contributed by atoms with van der Waals surface area (Å²) in [6.07, 6.45) is 0. The van der Waals surface area contributed by atoms with Gasteiger partial charge in [-0.25, -0.2) is 13.2 Å². The molecule has 0 spiro atoms. The minimum absolute atomic E-state index is 0.0325. The lowest BCUT2D eigenvalue weighted by atomic mass is 10.1. The van der Waals surface area contributed by atoms with Gasteiger partial charge in [0.2, 0.25) is 0 Å². The van der Waals surface area contributed by atoms with Crippen molar-refractivity contribution in [3.05, 3.63) is 64.5 Å². The molecule has 2 aromatic carbocycles. The number of benzene rings is 2. The summed E-state index contributed by atoms with van der Waals surface area (Å²) < 4.78 is 40.8. The predicted octanol–water partition coefficient (Wildman–Crippen LogP) is 4.33. The summed E-state index contributed by atoms with van der Waals surface area (Å²) in [5, 5.41) is 2.62. The Balaban J connectivity index is 2.24. The quantitative estimate of drug-likeness (QED) is 0.870. The van der Waals surface area contributed by atoms with Crippen LogP contribution in [0.5, 0.6) is 0 Å². The lowest BCUT2D eigenvalue weighted by molar-refractivity contribution is 0.580. The molecule has 0 saturated heterocycles. The van der Waals surface area contributed by atoms with Crippen LogP contribution in [-0.4, -0.2) is 0 Å². The molecule has 2 aromatic rings. The molecule has 1 nitrogen and oxygen atoms in total. The Kier molecular flexibility index (Phi) is 3.79. The first-order valence-electron chi connectivity index (χ1n) is 5.92. The van der Waals surface area contributed by atoms with Gasteiger partial charge in [-0.3, -0.25) is 0 Å². The van der Waals surface area contributed by atoms with Crippen molar-refractivity contribution in [1.82, 2.24) is 0 Å². The number of hydrogen-bond acceptors (Lipinski definition) is 1. The van der Waals surface area contributed by atoms with E-state index in [4.69, 9.17) is 0 Å². The van der Waals surface area contributed by atoms with Crippen molar-refractivity contribution in [1.29, 1.82) is 0 Å². The molecule has 19 heavy (non-hydrogen) atoms. The summed E-state index contributed by atoms with van der Waals surface area (Å²) >= 11 is 0. The second-order valence-electron chi connectivity index (χ2n) is 4.50. The van der Waals surface area contributed by atoms with Gasteiger partial charge < -0.3 is 5.32 Å². The Labute approximate surface area is 110 Å². The number of halogens is 3. The molecule has 2 rings (SSSR count). The molecule has 0 atom stereocenters. The Morgan fingerprint density at radius 1 is 0.947 bits per heavy atom. The minimum Gasteiger partial charge on any atom is -0.376 e. The molecule has 0 unspecified atom stereocenters. The zero-order chi connectivity index (χ0) is 14.0. The van der Waals surface area contributed by atoms with E-state index < -0.39 is 17.5 Å². The summed E-state index contributed by atoms with van der Waals surface area (Å²) in [4.78, 5) is 0. The minimum atomic E-state index is -0.684. The topological polar surface area (TPSA) is 12.0 Å². The van der Waals surface area contributed by atoms with Crippen LogP contribution in [0.25, 0.3) is 0 Å². The molecule has 0 saturated carbocycles. The second kappa shape index (κ2) is 5.34. The van der Waals surface area contributed by atoms with Crippen LogP contribution >= 0.6 is 0 Å². The SMILES string of the molecule is Cc1ccc(F)c(CNc2c(F)ccc(C)c2F)c1. The fourth-order valence-corrected chi connectivity index (χ4v) is 1.84. The average molecular weight is 265 g/mol. The Hall–Kier alpha value is -1.97. The molecule has 0 fully saturated rings. The van der Waals surface area contributed by atoms with Crippen molar-refractivity contribution in [3.8, 4) is 0 Å². The van der Waals surface area contributed by atoms with Crippen molar-refractivity contribution in [2.45, 2.75) is 20.4 Å². The summed E-state index contributed by atoms with van der Waals surface area (Å²) in [7, 11) is 0. The van der Waals surface area contributed by atoms with Gasteiger partial charge in [0.15, 0.2) is 5.82 Å². The van der Waals surface area contributed by atoms with Crippen molar-refractivity contribution >= 4 is 5.69 Å². The third-order valence-corrected chi connectivity index (χ3v) is 2.94. The van der Waals surface area contributed by atoms with Crippen molar-refractivity contribution in [3.63, 3.8) is 0 Å². The van der Waals surface area contributed by atoms with Gasteiger partial charge in [-0.15, -0.1) is 0 Å². The van der Waals surface area contributed by atoms with E-state index in [-0.39, 0.29) is 12.2 Å². The third-order valence-electron chi connectivity index (χ3n) is 2.94. The molecule has 4 heteroatoms. The molecule has 1 N–H and O–H groups in total. The zero-order valence-electron chi connectivity index (χ0n) is 10.7. The first kappa shape index (κ1) is 13.5. The van der Waals surface area contributed by atoms with Crippen LogP contribution in [0.1, 0.15) is 16.7 Å². The van der Waals surface area contributed by atoms with E-state index in [0.717, 1.165) is 5.56 Å². The smallest absolute Gasteiger partial charge is 0.152 e. The molecule has 0 bridgehead atoms. The van der Waals surface area contributed by atoms with Gasteiger partial charge in [0.05, 0.1) is 0 Å². The van der Waals surface area contributed by atoms with Gasteiger partial charge >= 0.3 is 0 Å². The van der Waals surface area contributed by atoms with E-state index in [1.807, 2.05) is 6.92 Å². The molecule has 0 aliphatic heterocycles. The standard InChI is InChI=1S/C15H14F3N/c1-9-3-5-12(16)11(7-9)8-19-15-13(17)6-4-10(2)14(15)18/h3-7,19H,8H2,1-2H3. The van der Waals surface area contributed by atoms with Gasteiger partial charge in [-0.2, -0.15) is 0 Å². The summed E-state index contributed by atoms with van der Waals surface area (Å²) in [5.74, 6) is -1.73. The predicted molar refractivity (Wildman–Crippen MR) is 69.6 cm³/mol. The van der Waals surface area contributed by atoms with E-state index in [2.05, 4.69) is 5.32 Å². The van der Waals surface area contributed by atoms with Crippen LogP contribution in [0.3, 0.4) is 0 Å². The third kappa shape index (κ3) is 2.89. The monoisotopic (exact) mass is 265 g/mol. The first-order valence-corrected chi connectivity index (χ1v) is 5.92. The number of rotatable bonds is 3. The molecule has 0 radical (unpaired) electrons. The van der Waals surface area contributed by atoms with Crippen LogP contribution in [-0.2, 0) is 6.54 Å². The van der Waals surface area contributed by atoms with Crippen LogP contribution in [0, 0.1) is 31.3 Å². The van der Waals surface area contributed by atoms with Gasteiger partial charge in [-0.05, 0) is 31.5 Å². The van der Waals surface area contributed by atoms with Gasteiger partial charge in [-0.1, -0.05) is 23.8 Å². The normalized spacial score (nSPS) is 10.6. The largest absolute Gasteiger partial charge is 0.376 e. The van der Waals surface area contributed by atoms with E-state index in [1.165, 1.54) is 18.2 Å². The number of hydrogen-bond donors (Lipinski definition) is 1. The molecule has 0 amide bonds. The summed E-state index contributed by atoms with van der Waals surface area (Å²) in [5.41, 5.74) is 1.39. The maximum atomic E-state index is 13.7. The summed E-state index contributed by atoms with van der Waals surface area (Å²) in [6.45, 7) is 3.41. The van der Waals surface area contributed by atoms with Crippen molar-refractivity contribution < 1.29 is 13.2 Å².